The molecule has 1 rings (SSSR count). The lowest BCUT2D eigenvalue weighted by Gasteiger charge is -2.42. The average Bonchev–Trinajstić information content (AvgIpc) is 2.45. The van der Waals surface area contributed by atoms with Crippen LogP contribution in [0.5, 0.6) is 0 Å². The van der Waals surface area contributed by atoms with Crippen molar-refractivity contribution in [3.63, 3.8) is 0 Å². The number of anilines is 1. The third kappa shape index (κ3) is 4.34. The molecule has 0 radical (unpaired) electrons. The Labute approximate surface area is 139 Å². The fraction of sp³-hybridized carbons (Fsp3) is 0.462. The first-order valence-electron chi connectivity index (χ1n) is 6.52. The Morgan fingerprint density at radius 2 is 1.57 bits per heavy atom. The predicted molar refractivity (Wildman–Crippen MR) is 101 cm³/mol. The number of hydrogen-bond acceptors (Lipinski definition) is 4. The number of thiocarbonyl (C=S) groups is 1. The van der Waals surface area contributed by atoms with Gasteiger partial charge in [-0.1, -0.05) is 37.8 Å². The Kier molecular flexibility index (Phi) is 6.52. The van der Waals surface area contributed by atoms with E-state index < -0.39 is 14.9 Å². The molecule has 0 spiro atoms. The van der Waals surface area contributed by atoms with Crippen molar-refractivity contribution in [3.05, 3.63) is 30.3 Å². The molecule has 21 heavy (non-hydrogen) atoms. The molecule has 0 saturated heterocycles. The van der Waals surface area contributed by atoms with Crippen LogP contribution < -0.4 is 4.57 Å². The molecule has 0 aromatic heterocycles. The molecule has 0 aliphatic carbocycles. The van der Waals surface area contributed by atoms with E-state index in [2.05, 4.69) is 36.3 Å². The molecule has 0 N–H and O–H groups in total. The van der Waals surface area contributed by atoms with Crippen molar-refractivity contribution in [1.29, 1.82) is 0 Å². The monoisotopic (exact) mass is 362 g/mol. The third-order valence-corrected chi connectivity index (χ3v) is 9.02. The molecule has 0 fully saturated rings. The summed E-state index contributed by atoms with van der Waals surface area (Å²) in [5, 5.41) is 0.646. The predicted octanol–water partition coefficient (Wildman–Crippen LogP) is 4.06. The van der Waals surface area contributed by atoms with Crippen LogP contribution in [0.15, 0.2) is 30.3 Å². The van der Waals surface area contributed by atoms with E-state index in [-0.39, 0.29) is 0 Å². The normalized spacial score (nSPS) is 12.1. The van der Waals surface area contributed by atoms with Crippen molar-refractivity contribution >= 4 is 49.7 Å². The summed E-state index contributed by atoms with van der Waals surface area (Å²) in [6.45, 7) is 4.15. The molecule has 0 amide bonds. The van der Waals surface area contributed by atoms with Gasteiger partial charge in [0.25, 0.3) is 6.64 Å². The summed E-state index contributed by atoms with van der Waals surface area (Å²) < 4.78 is 14.8. The van der Waals surface area contributed by atoms with Gasteiger partial charge in [0, 0.05) is 27.0 Å². The van der Waals surface area contributed by atoms with E-state index in [9.17, 15) is 0 Å². The molecule has 0 aliphatic heterocycles. The largest absolute Gasteiger partial charge is 0.347 e. The second-order valence-electron chi connectivity index (χ2n) is 5.48. The molecular weight excluding hydrogens is 339 g/mol. The van der Waals surface area contributed by atoms with E-state index in [0.717, 1.165) is 5.69 Å². The molecule has 4 nitrogen and oxygen atoms in total. The first-order valence-corrected chi connectivity index (χ1v) is 13.0. The molecule has 0 bridgehead atoms. The van der Waals surface area contributed by atoms with Crippen LogP contribution in [0.3, 0.4) is 0 Å². The Hall–Kier alpha value is -0.303. The van der Waals surface area contributed by atoms with E-state index in [1.54, 1.807) is 18.9 Å². The summed E-state index contributed by atoms with van der Waals surface area (Å²) in [4.78, 5) is 0. The van der Waals surface area contributed by atoms with Crippen LogP contribution in [0.1, 0.15) is 0 Å². The van der Waals surface area contributed by atoms with Crippen molar-refractivity contribution in [3.8, 4) is 0 Å². The van der Waals surface area contributed by atoms with Crippen LogP contribution in [-0.4, -0.2) is 39.3 Å². The molecule has 0 unspecified atom stereocenters. The van der Waals surface area contributed by atoms with Gasteiger partial charge in [0.05, 0.1) is 0 Å². The second kappa shape index (κ2) is 7.31. The molecule has 1 aromatic rings. The maximum Gasteiger partial charge on any atom is 0.291 e. The Morgan fingerprint density at radius 1 is 1.10 bits per heavy atom. The van der Waals surface area contributed by atoms with E-state index >= 15 is 0 Å². The van der Waals surface area contributed by atoms with Crippen molar-refractivity contribution in [2.45, 2.75) is 19.6 Å². The lowest BCUT2D eigenvalue weighted by Crippen LogP contribution is -2.53. The minimum absolute atomic E-state index is 0.646. The lowest BCUT2D eigenvalue weighted by atomic mass is 10.3. The van der Waals surface area contributed by atoms with E-state index in [4.69, 9.17) is 33.1 Å². The third-order valence-electron chi connectivity index (χ3n) is 2.98. The molecule has 0 atom stereocenters. The van der Waals surface area contributed by atoms with Gasteiger partial charge >= 0.3 is 0 Å². The Morgan fingerprint density at radius 3 is 1.95 bits per heavy atom. The summed E-state index contributed by atoms with van der Waals surface area (Å²) >= 11 is 11.2. The molecule has 1 aromatic carbocycles. The van der Waals surface area contributed by atoms with Gasteiger partial charge in [-0.15, -0.1) is 0 Å². The van der Waals surface area contributed by atoms with Crippen LogP contribution in [0, 0.1) is 0 Å². The van der Waals surface area contributed by atoms with Crippen LogP contribution in [0.4, 0.5) is 5.69 Å². The molecular formula is C13H23N2O2PS2Si. The molecule has 0 saturated carbocycles. The SMILES string of the molecule is COP(=S)(OC)N(C)C(=S)N(c1ccccc1)[Si](C)(C)C. The molecule has 0 heterocycles. The van der Waals surface area contributed by atoms with Gasteiger partial charge in [0.15, 0.2) is 13.3 Å². The fourth-order valence-electron chi connectivity index (χ4n) is 1.93. The first-order chi connectivity index (χ1) is 9.67. The van der Waals surface area contributed by atoms with Crippen molar-refractivity contribution in [2.24, 2.45) is 0 Å². The van der Waals surface area contributed by atoms with Gasteiger partial charge in [-0.2, -0.15) is 0 Å². The van der Waals surface area contributed by atoms with Gasteiger partial charge in [-0.05, 0) is 36.2 Å². The van der Waals surface area contributed by atoms with Gasteiger partial charge < -0.3 is 13.6 Å². The van der Waals surface area contributed by atoms with Crippen molar-refractivity contribution in [2.75, 3.05) is 25.8 Å². The van der Waals surface area contributed by atoms with E-state index in [1.807, 2.05) is 25.2 Å². The number of nitrogens with zero attached hydrogens (tertiary/aromatic N) is 2. The van der Waals surface area contributed by atoms with Crippen LogP contribution in [0.2, 0.25) is 19.6 Å². The highest BCUT2D eigenvalue weighted by Gasteiger charge is 2.34. The summed E-state index contributed by atoms with van der Waals surface area (Å²) in [7, 11) is 3.21. The highest BCUT2D eigenvalue weighted by atomic mass is 32.5. The quantitative estimate of drug-likeness (QED) is 0.445. The topological polar surface area (TPSA) is 24.9 Å². The maximum absolute atomic E-state index is 5.70. The van der Waals surface area contributed by atoms with Gasteiger partial charge in [-0.25, -0.2) is 0 Å². The minimum Gasteiger partial charge on any atom is -0.347 e. The zero-order valence-electron chi connectivity index (χ0n) is 13.4. The van der Waals surface area contributed by atoms with Gasteiger partial charge in [0.2, 0.25) is 0 Å². The number of benzene rings is 1. The highest BCUT2D eigenvalue weighted by molar-refractivity contribution is 8.09. The number of hydrogen-bond donors (Lipinski definition) is 0. The molecule has 8 heteroatoms. The number of rotatable bonds is 5. The van der Waals surface area contributed by atoms with Crippen molar-refractivity contribution in [1.82, 2.24) is 4.67 Å². The minimum atomic E-state index is -2.57. The summed E-state index contributed by atoms with van der Waals surface area (Å²) in [5.74, 6) is 0. The fourth-order valence-corrected chi connectivity index (χ4v) is 6.24. The first kappa shape index (κ1) is 18.7. The smallest absolute Gasteiger partial charge is 0.291 e. The second-order valence-corrected chi connectivity index (χ2v) is 14.3. The number of para-hydroxylation sites is 1. The standard InChI is InChI=1S/C13H23N2O2PS2Si/c1-14(18(20,16-2)17-3)13(19)15(21(4,5)6)12-10-8-7-9-11-12/h7-11H,1-6H3. The molecule has 118 valence electrons. The Bertz CT molecular complexity index is 529. The Balaban J connectivity index is 3.23. The summed E-state index contributed by atoms with van der Waals surface area (Å²) in [6.07, 6.45) is 0. The van der Waals surface area contributed by atoms with Crippen LogP contribution in [0.25, 0.3) is 0 Å². The summed E-state index contributed by atoms with van der Waals surface area (Å²) in [6, 6.07) is 10.1. The zero-order valence-corrected chi connectivity index (χ0v) is 16.9. The van der Waals surface area contributed by atoms with E-state index in [0.29, 0.717) is 5.11 Å². The van der Waals surface area contributed by atoms with Crippen LogP contribution >= 0.6 is 18.9 Å². The molecule has 0 aliphatic rings. The van der Waals surface area contributed by atoms with Gasteiger partial charge in [-0.3, -0.25) is 4.67 Å². The average molecular weight is 363 g/mol. The van der Waals surface area contributed by atoms with Gasteiger partial charge in [0.1, 0.15) is 0 Å². The highest BCUT2D eigenvalue weighted by Crippen LogP contribution is 2.50. The zero-order chi connectivity index (χ0) is 16.3. The lowest BCUT2D eigenvalue weighted by molar-refractivity contribution is 0.307. The van der Waals surface area contributed by atoms with Crippen molar-refractivity contribution < 1.29 is 9.05 Å². The maximum atomic E-state index is 5.70. The van der Waals surface area contributed by atoms with Crippen LogP contribution in [-0.2, 0) is 20.9 Å². The van der Waals surface area contributed by atoms with E-state index in [1.165, 1.54) is 0 Å². The summed E-state index contributed by atoms with van der Waals surface area (Å²) in [5.41, 5.74) is 1.07.